The second-order valence-corrected chi connectivity index (χ2v) is 13.5. The van der Waals surface area contributed by atoms with Gasteiger partial charge in [0.2, 0.25) is 0 Å². The van der Waals surface area contributed by atoms with Crippen molar-refractivity contribution in [2.24, 2.45) is 0 Å². The predicted octanol–water partition coefficient (Wildman–Crippen LogP) is 10.7. The summed E-state index contributed by atoms with van der Waals surface area (Å²) < 4.78 is 10.9. The lowest BCUT2D eigenvalue weighted by Gasteiger charge is -2.20. The molecule has 0 amide bonds. The number of ether oxygens (including phenoxy) is 1. The maximum Gasteiger partial charge on any atom is 0.149 e. The van der Waals surface area contributed by atoms with E-state index in [4.69, 9.17) is 9.72 Å². The van der Waals surface area contributed by atoms with E-state index in [1.165, 1.54) is 49.9 Å². The van der Waals surface area contributed by atoms with E-state index in [0.29, 0.717) is 0 Å². The van der Waals surface area contributed by atoms with E-state index in [1.807, 2.05) is 35.1 Å². The lowest BCUT2D eigenvalue weighted by Crippen LogP contribution is -1.98. The highest BCUT2D eigenvalue weighted by Gasteiger charge is 2.20. The fraction of sp³-hybridized carbons (Fsp3) is 0.0909. The molecule has 51 heavy (non-hydrogen) atoms. The highest BCUT2D eigenvalue weighted by Crippen LogP contribution is 2.43. The summed E-state index contributed by atoms with van der Waals surface area (Å²) in [5.74, 6) is 1.45. The number of hydrogen-bond acceptors (Lipinski definition) is 5. The Morgan fingerprint density at radius 2 is 1.08 bits per heavy atom. The van der Waals surface area contributed by atoms with Crippen molar-refractivity contribution in [1.29, 1.82) is 0 Å². The number of imidazole rings is 2. The Labute approximate surface area is 293 Å². The number of rotatable bonds is 4. The molecule has 0 unspecified atom stereocenters. The molecule has 0 fully saturated rings. The topological polar surface area (TPSA) is 69.6 Å². The first-order valence-corrected chi connectivity index (χ1v) is 17.1. The summed E-state index contributed by atoms with van der Waals surface area (Å²) in [5, 5.41) is 6.28. The van der Waals surface area contributed by atoms with Crippen LogP contribution in [0.5, 0.6) is 11.5 Å². The van der Waals surface area contributed by atoms with Crippen molar-refractivity contribution in [3.05, 3.63) is 144 Å². The fourth-order valence-corrected chi connectivity index (χ4v) is 8.15. The molecule has 10 aromatic rings. The second-order valence-electron chi connectivity index (χ2n) is 13.5. The van der Waals surface area contributed by atoms with Crippen LogP contribution in [0.25, 0.3) is 77.0 Å². The minimum atomic E-state index is 0.720. The van der Waals surface area contributed by atoms with Gasteiger partial charge < -0.3 is 4.74 Å². The molecule has 10 rings (SSSR count). The van der Waals surface area contributed by atoms with Gasteiger partial charge in [0.05, 0.1) is 5.52 Å². The molecule has 0 bridgehead atoms. The predicted molar refractivity (Wildman–Crippen MR) is 206 cm³/mol. The smallest absolute Gasteiger partial charge is 0.149 e. The summed E-state index contributed by atoms with van der Waals surface area (Å²) in [4.78, 5) is 18.4. The third-order valence-corrected chi connectivity index (χ3v) is 10.4. The van der Waals surface area contributed by atoms with Crippen molar-refractivity contribution in [3.8, 4) is 33.8 Å². The molecule has 7 nitrogen and oxygen atoms in total. The SMILES string of the molecule is Cc1cccc(C)c1-c1cc(-c2c(C)cccc2C)c2c(c1)c1ccc(Oc3ccc4c5cncnc5n5ccnc5c4c3)cc1c1nccn12. The van der Waals surface area contributed by atoms with E-state index in [0.717, 1.165) is 60.9 Å². The molecule has 0 atom stereocenters. The minimum absolute atomic E-state index is 0.720. The Bertz CT molecular complexity index is 3020. The summed E-state index contributed by atoms with van der Waals surface area (Å²) in [7, 11) is 0. The zero-order chi connectivity index (χ0) is 34.4. The van der Waals surface area contributed by atoms with Crippen LogP contribution in [0.4, 0.5) is 0 Å². The monoisotopic (exact) mass is 660 g/mol. The molecule has 0 radical (unpaired) electrons. The van der Waals surface area contributed by atoms with E-state index < -0.39 is 0 Å². The molecule has 244 valence electrons. The van der Waals surface area contributed by atoms with Gasteiger partial charge >= 0.3 is 0 Å². The van der Waals surface area contributed by atoms with Crippen LogP contribution in [-0.4, -0.2) is 28.7 Å². The Morgan fingerprint density at radius 3 is 1.75 bits per heavy atom. The van der Waals surface area contributed by atoms with Crippen LogP contribution in [0, 0.1) is 27.7 Å². The molecule has 5 heterocycles. The number of pyridine rings is 2. The van der Waals surface area contributed by atoms with E-state index in [2.05, 4.69) is 126 Å². The van der Waals surface area contributed by atoms with Gasteiger partial charge in [-0.25, -0.2) is 19.9 Å². The normalized spacial score (nSPS) is 11.9. The number of aromatic nitrogens is 6. The molecule has 0 spiro atoms. The van der Waals surface area contributed by atoms with E-state index in [1.54, 1.807) is 12.5 Å². The molecule has 0 aliphatic carbocycles. The molecule has 0 saturated carbocycles. The lowest BCUT2D eigenvalue weighted by atomic mass is 9.87. The lowest BCUT2D eigenvalue weighted by molar-refractivity contribution is 0.484. The second kappa shape index (κ2) is 11.0. The van der Waals surface area contributed by atoms with E-state index in [9.17, 15) is 0 Å². The van der Waals surface area contributed by atoms with Crippen molar-refractivity contribution < 1.29 is 4.74 Å². The summed E-state index contributed by atoms with van der Waals surface area (Å²) in [6.45, 7) is 8.81. The van der Waals surface area contributed by atoms with Crippen molar-refractivity contribution in [3.63, 3.8) is 0 Å². The molecule has 0 saturated heterocycles. The number of benzene rings is 5. The van der Waals surface area contributed by atoms with Gasteiger partial charge in [-0.15, -0.1) is 0 Å². The molecule has 0 N–H and O–H groups in total. The number of nitrogens with zero attached hydrogens (tertiary/aromatic N) is 6. The number of hydrogen-bond donors (Lipinski definition) is 0. The average molecular weight is 661 g/mol. The van der Waals surface area contributed by atoms with E-state index >= 15 is 0 Å². The van der Waals surface area contributed by atoms with Crippen LogP contribution in [0.2, 0.25) is 0 Å². The van der Waals surface area contributed by atoms with Gasteiger partial charge in [0.1, 0.15) is 34.8 Å². The summed E-state index contributed by atoms with van der Waals surface area (Å²) in [5.41, 5.74) is 13.6. The molecule has 0 aliphatic rings. The van der Waals surface area contributed by atoms with Crippen LogP contribution in [-0.2, 0) is 0 Å². The van der Waals surface area contributed by atoms with Gasteiger partial charge in [-0.2, -0.15) is 0 Å². The highest BCUT2D eigenvalue weighted by atomic mass is 16.5. The Hall–Kier alpha value is -6.60. The summed E-state index contributed by atoms with van der Waals surface area (Å²) in [6, 6.07) is 30.3. The third-order valence-electron chi connectivity index (χ3n) is 10.4. The van der Waals surface area contributed by atoms with Gasteiger partial charge in [0, 0.05) is 58.1 Å². The zero-order valence-electron chi connectivity index (χ0n) is 28.6. The summed E-state index contributed by atoms with van der Waals surface area (Å²) >= 11 is 0. The maximum absolute atomic E-state index is 6.61. The van der Waals surface area contributed by atoms with Crippen molar-refractivity contribution in [2.45, 2.75) is 27.7 Å². The molecule has 5 aromatic heterocycles. The maximum atomic E-state index is 6.61. The third kappa shape index (κ3) is 4.37. The van der Waals surface area contributed by atoms with Crippen molar-refractivity contribution in [1.82, 2.24) is 28.7 Å². The van der Waals surface area contributed by atoms with E-state index in [-0.39, 0.29) is 0 Å². The molecule has 0 aliphatic heterocycles. The fourth-order valence-electron chi connectivity index (χ4n) is 8.15. The van der Waals surface area contributed by atoms with Crippen LogP contribution >= 0.6 is 0 Å². The van der Waals surface area contributed by atoms with Crippen molar-refractivity contribution in [2.75, 3.05) is 0 Å². The van der Waals surface area contributed by atoms with Crippen molar-refractivity contribution >= 4 is 54.8 Å². The van der Waals surface area contributed by atoms with Crippen LogP contribution in [0.3, 0.4) is 0 Å². The average Bonchev–Trinajstić information content (AvgIpc) is 3.83. The molecular formula is C44H32N6O. The van der Waals surface area contributed by atoms with Gasteiger partial charge in [-0.1, -0.05) is 36.4 Å². The largest absolute Gasteiger partial charge is 0.457 e. The van der Waals surface area contributed by atoms with Gasteiger partial charge in [-0.3, -0.25) is 8.80 Å². The highest BCUT2D eigenvalue weighted by molar-refractivity contribution is 6.17. The summed E-state index contributed by atoms with van der Waals surface area (Å²) in [6.07, 6.45) is 11.1. The van der Waals surface area contributed by atoms with Crippen LogP contribution in [0.1, 0.15) is 22.3 Å². The molecule has 5 aromatic carbocycles. The molecule has 7 heteroatoms. The Morgan fingerprint density at radius 1 is 0.510 bits per heavy atom. The van der Waals surface area contributed by atoms with Gasteiger partial charge in [0.15, 0.2) is 0 Å². The standard InChI is InChI=1S/C44H32N6O/c1-25-7-5-8-26(2)39(25)29-19-34-32-13-11-30(51-31-12-14-33-36(22-31)43-47-16-18-50(43)44-38(33)23-45-24-48-44)21-35(32)42-46-15-17-49(42)41(34)37(20-29)40-27(3)9-6-10-28(40)4/h5-24H,1-4H3. The first-order chi connectivity index (χ1) is 24.9. The number of aryl methyl sites for hydroxylation is 4. The Kier molecular flexibility index (Phi) is 6.30. The zero-order valence-corrected chi connectivity index (χ0v) is 28.6. The van der Waals surface area contributed by atoms with Crippen LogP contribution < -0.4 is 4.74 Å². The first-order valence-electron chi connectivity index (χ1n) is 17.1. The number of fused-ring (bicyclic) bond motifs is 12. The first kappa shape index (κ1) is 29.3. The van der Waals surface area contributed by atoms with Gasteiger partial charge in [-0.05, 0) is 126 Å². The quantitative estimate of drug-likeness (QED) is 0.176. The molecular weight excluding hydrogens is 629 g/mol. The van der Waals surface area contributed by atoms with Gasteiger partial charge in [0.25, 0.3) is 0 Å². The minimum Gasteiger partial charge on any atom is -0.457 e. The van der Waals surface area contributed by atoms with Crippen LogP contribution in [0.15, 0.2) is 122 Å². The Balaban J connectivity index is 1.20.